The van der Waals surface area contributed by atoms with Gasteiger partial charge in [-0.15, -0.1) is 0 Å². The first-order chi connectivity index (χ1) is 13.1. The van der Waals surface area contributed by atoms with Gasteiger partial charge in [0.25, 0.3) is 0 Å². The predicted octanol–water partition coefficient (Wildman–Crippen LogP) is 2.48. The fourth-order valence-electron chi connectivity index (χ4n) is 2.80. The van der Waals surface area contributed by atoms with Gasteiger partial charge in [0, 0.05) is 5.56 Å². The number of nitrogens with zero attached hydrogens (tertiary/aromatic N) is 3. The van der Waals surface area contributed by atoms with Gasteiger partial charge in [0.1, 0.15) is 23.6 Å². The number of phenolic OH excluding ortho intramolecular Hbond substituents is 1. The van der Waals surface area contributed by atoms with Crippen LogP contribution >= 0.6 is 0 Å². The molecule has 0 saturated heterocycles. The molecule has 2 heterocycles. The zero-order chi connectivity index (χ0) is 19.0. The van der Waals surface area contributed by atoms with Crippen molar-refractivity contribution in [1.82, 2.24) is 14.6 Å². The van der Waals surface area contributed by atoms with Crippen LogP contribution in [-0.2, 0) is 0 Å². The van der Waals surface area contributed by atoms with Crippen LogP contribution in [0.4, 0.5) is 0 Å². The van der Waals surface area contributed by atoms with Gasteiger partial charge in [0.05, 0.1) is 31.3 Å². The minimum atomic E-state index is -0.212. The minimum absolute atomic E-state index is 0.0648. The Morgan fingerprint density at radius 3 is 2.67 bits per heavy atom. The largest absolute Gasteiger partial charge is 0.507 e. The average Bonchev–Trinajstić information content (AvgIpc) is 3.10. The highest BCUT2D eigenvalue weighted by atomic mass is 16.5. The Morgan fingerprint density at radius 2 is 1.89 bits per heavy atom. The predicted molar refractivity (Wildman–Crippen MR) is 102 cm³/mol. The quantitative estimate of drug-likeness (QED) is 0.542. The minimum Gasteiger partial charge on any atom is -0.507 e. The molecule has 0 radical (unpaired) electrons. The summed E-state index contributed by atoms with van der Waals surface area (Å²) in [5.74, 6) is 1.26. The second-order valence-corrected chi connectivity index (χ2v) is 5.82. The number of methoxy groups -OCH3 is 2. The van der Waals surface area contributed by atoms with Crippen molar-refractivity contribution in [2.45, 2.75) is 0 Å². The van der Waals surface area contributed by atoms with E-state index in [1.807, 2.05) is 0 Å². The molecule has 136 valence electrons. The summed E-state index contributed by atoms with van der Waals surface area (Å²) in [6.45, 7) is 0. The number of benzene rings is 2. The number of imidazole rings is 1. The molecule has 4 aromatic rings. The number of aromatic nitrogens is 3. The molecule has 27 heavy (non-hydrogen) atoms. The standard InChI is InChI=1S/C19H16N4O4/c1-26-12-4-6-16(24)11(7-12)9-21-23-10-20-17-18(25)14-8-13(27-2)3-5-15(14)22-19(17)23/h3-10,24H,1-2H3,(H,22,25). The molecular formula is C19H16N4O4. The van der Waals surface area contributed by atoms with Gasteiger partial charge in [-0.1, -0.05) is 0 Å². The molecule has 2 N–H and O–H groups in total. The van der Waals surface area contributed by atoms with Crippen LogP contribution in [0.5, 0.6) is 17.2 Å². The Bertz CT molecular complexity index is 1240. The van der Waals surface area contributed by atoms with Gasteiger partial charge in [0.15, 0.2) is 11.2 Å². The van der Waals surface area contributed by atoms with Crippen molar-refractivity contribution in [3.8, 4) is 17.2 Å². The van der Waals surface area contributed by atoms with Crippen molar-refractivity contribution in [3.63, 3.8) is 0 Å². The summed E-state index contributed by atoms with van der Waals surface area (Å²) < 4.78 is 11.8. The average molecular weight is 364 g/mol. The molecule has 0 spiro atoms. The number of rotatable bonds is 4. The number of H-pyrrole nitrogens is 1. The number of hydrogen-bond donors (Lipinski definition) is 2. The Balaban J connectivity index is 1.83. The van der Waals surface area contributed by atoms with Crippen LogP contribution in [0.3, 0.4) is 0 Å². The van der Waals surface area contributed by atoms with E-state index in [1.165, 1.54) is 23.3 Å². The lowest BCUT2D eigenvalue weighted by Gasteiger charge is -2.04. The molecule has 0 aliphatic heterocycles. The smallest absolute Gasteiger partial charge is 0.217 e. The van der Waals surface area contributed by atoms with Crippen LogP contribution < -0.4 is 14.9 Å². The number of phenols is 1. The fourth-order valence-corrected chi connectivity index (χ4v) is 2.80. The topological polar surface area (TPSA) is 102 Å². The number of hydrogen-bond acceptors (Lipinski definition) is 6. The van der Waals surface area contributed by atoms with E-state index < -0.39 is 0 Å². The lowest BCUT2D eigenvalue weighted by atomic mass is 10.2. The Kier molecular flexibility index (Phi) is 4.00. The number of aromatic amines is 1. The lowest BCUT2D eigenvalue weighted by Crippen LogP contribution is -2.05. The zero-order valence-corrected chi connectivity index (χ0v) is 14.6. The third-order valence-corrected chi connectivity index (χ3v) is 4.25. The summed E-state index contributed by atoms with van der Waals surface area (Å²) >= 11 is 0. The SMILES string of the molecule is COc1ccc(O)c(C=Nn2cnc3c(=O)c4cc(OC)ccc4[nH]c32)c1. The normalized spacial score (nSPS) is 11.5. The van der Waals surface area contributed by atoms with E-state index in [9.17, 15) is 9.90 Å². The summed E-state index contributed by atoms with van der Waals surface area (Å²) in [5, 5.41) is 14.8. The van der Waals surface area contributed by atoms with Crippen LogP contribution in [-0.4, -0.2) is 40.2 Å². The summed E-state index contributed by atoms with van der Waals surface area (Å²) in [4.78, 5) is 20.1. The summed E-state index contributed by atoms with van der Waals surface area (Å²) in [5.41, 5.74) is 1.63. The monoisotopic (exact) mass is 364 g/mol. The van der Waals surface area contributed by atoms with Crippen LogP contribution in [0.25, 0.3) is 22.1 Å². The maximum absolute atomic E-state index is 12.7. The van der Waals surface area contributed by atoms with E-state index in [4.69, 9.17) is 9.47 Å². The Hall–Kier alpha value is -3.81. The second kappa shape index (κ2) is 6.49. The van der Waals surface area contributed by atoms with Crippen molar-refractivity contribution >= 4 is 28.3 Å². The highest BCUT2D eigenvalue weighted by Crippen LogP contribution is 2.22. The van der Waals surface area contributed by atoms with Gasteiger partial charge >= 0.3 is 0 Å². The van der Waals surface area contributed by atoms with Crippen LogP contribution in [0.15, 0.2) is 52.6 Å². The van der Waals surface area contributed by atoms with Gasteiger partial charge in [-0.2, -0.15) is 5.10 Å². The van der Waals surface area contributed by atoms with E-state index in [0.29, 0.717) is 33.6 Å². The maximum Gasteiger partial charge on any atom is 0.217 e. The molecule has 0 aliphatic carbocycles. The van der Waals surface area contributed by atoms with Crippen LogP contribution in [0.1, 0.15) is 5.56 Å². The van der Waals surface area contributed by atoms with E-state index >= 15 is 0 Å². The fraction of sp³-hybridized carbons (Fsp3) is 0.105. The van der Waals surface area contributed by atoms with E-state index in [-0.39, 0.29) is 16.7 Å². The molecule has 0 fully saturated rings. The van der Waals surface area contributed by atoms with Gasteiger partial charge in [-0.3, -0.25) is 4.79 Å². The molecule has 4 rings (SSSR count). The first kappa shape index (κ1) is 16.6. The molecule has 8 nitrogen and oxygen atoms in total. The molecular weight excluding hydrogens is 348 g/mol. The van der Waals surface area contributed by atoms with Crippen molar-refractivity contribution in [2.75, 3.05) is 14.2 Å². The molecule has 2 aromatic heterocycles. The number of aromatic hydroxyl groups is 1. The second-order valence-electron chi connectivity index (χ2n) is 5.82. The van der Waals surface area contributed by atoms with Gasteiger partial charge in [-0.05, 0) is 36.4 Å². The Morgan fingerprint density at radius 1 is 1.15 bits per heavy atom. The van der Waals surface area contributed by atoms with Gasteiger partial charge in [0.2, 0.25) is 5.43 Å². The molecule has 0 saturated carbocycles. The number of fused-ring (bicyclic) bond motifs is 2. The van der Waals surface area contributed by atoms with Gasteiger partial charge < -0.3 is 19.6 Å². The van der Waals surface area contributed by atoms with E-state index in [0.717, 1.165) is 0 Å². The first-order valence-electron chi connectivity index (χ1n) is 8.09. The number of nitrogens with one attached hydrogen (secondary N) is 1. The molecule has 0 aliphatic rings. The maximum atomic E-state index is 12.7. The third kappa shape index (κ3) is 2.86. The Labute approximate surface area is 153 Å². The molecule has 0 unspecified atom stereocenters. The number of ether oxygens (including phenoxy) is 2. The molecule has 0 bridgehead atoms. The highest BCUT2D eigenvalue weighted by Gasteiger charge is 2.11. The number of pyridine rings is 1. The summed E-state index contributed by atoms with van der Waals surface area (Å²) in [7, 11) is 3.09. The molecule has 0 amide bonds. The summed E-state index contributed by atoms with van der Waals surface area (Å²) in [6, 6.07) is 10.0. The van der Waals surface area contributed by atoms with E-state index in [2.05, 4.69) is 15.1 Å². The molecule has 0 atom stereocenters. The zero-order valence-electron chi connectivity index (χ0n) is 14.6. The van der Waals surface area contributed by atoms with Crippen molar-refractivity contribution in [2.24, 2.45) is 5.10 Å². The van der Waals surface area contributed by atoms with Crippen LogP contribution in [0, 0.1) is 0 Å². The summed E-state index contributed by atoms with van der Waals surface area (Å²) in [6.07, 6.45) is 2.90. The first-order valence-corrected chi connectivity index (χ1v) is 8.09. The lowest BCUT2D eigenvalue weighted by molar-refractivity contribution is 0.412. The van der Waals surface area contributed by atoms with Gasteiger partial charge in [-0.25, -0.2) is 9.66 Å². The van der Waals surface area contributed by atoms with Crippen molar-refractivity contribution < 1.29 is 14.6 Å². The van der Waals surface area contributed by atoms with Crippen LogP contribution in [0.2, 0.25) is 0 Å². The third-order valence-electron chi connectivity index (χ3n) is 4.25. The van der Waals surface area contributed by atoms with E-state index in [1.54, 1.807) is 44.6 Å². The molecule has 8 heteroatoms. The highest BCUT2D eigenvalue weighted by molar-refractivity contribution is 5.90. The van der Waals surface area contributed by atoms with Crippen molar-refractivity contribution in [3.05, 3.63) is 58.5 Å². The molecule has 2 aromatic carbocycles. The van der Waals surface area contributed by atoms with Crippen molar-refractivity contribution in [1.29, 1.82) is 0 Å².